The van der Waals surface area contributed by atoms with Gasteiger partial charge in [-0.05, 0) is 0 Å². The lowest BCUT2D eigenvalue weighted by Gasteiger charge is -2.05. The minimum atomic E-state index is -0.657. The third-order valence-electron chi connectivity index (χ3n) is 1.59. The average Bonchev–Trinajstić information content (AvgIpc) is 2.57. The second-order valence-electron chi connectivity index (χ2n) is 2.59. The molecule has 0 aliphatic heterocycles. The Morgan fingerprint density at radius 2 is 2.60 bits per heavy atom. The number of nitrogens with zero attached hydrogens (tertiary/aromatic N) is 3. The minimum Gasteiger partial charge on any atom is -0.448 e. The van der Waals surface area contributed by atoms with Crippen molar-refractivity contribution in [3.63, 3.8) is 0 Å². The third-order valence-corrected chi connectivity index (χ3v) is 1.74. The van der Waals surface area contributed by atoms with Crippen molar-refractivity contribution in [2.45, 2.75) is 0 Å². The van der Waals surface area contributed by atoms with Gasteiger partial charge in [0.2, 0.25) is 0 Å². The summed E-state index contributed by atoms with van der Waals surface area (Å²) in [4.78, 5) is 11.1. The highest BCUT2D eigenvalue weighted by atomic mass is 35.5. The summed E-state index contributed by atoms with van der Waals surface area (Å²) in [6.45, 7) is 0.118. The van der Waals surface area contributed by atoms with E-state index >= 15 is 0 Å². The Morgan fingerprint density at radius 3 is 3.20 bits per heavy atom. The lowest BCUT2D eigenvalue weighted by molar-refractivity contribution is 0.168. The number of rotatable bonds is 3. The number of aromatic nitrogens is 2. The first-order valence-electron chi connectivity index (χ1n) is 4.11. The predicted octanol–water partition coefficient (Wildman–Crippen LogP) is 1.08. The fraction of sp³-hybridized carbons (Fsp3) is 0.375. The van der Waals surface area contributed by atoms with E-state index in [1.54, 1.807) is 7.05 Å². The first-order chi connectivity index (χ1) is 7.19. The molecule has 0 saturated carbocycles. The second-order valence-corrected chi connectivity index (χ2v) is 2.97. The Bertz CT molecular complexity index is 396. The maximum absolute atomic E-state index is 11.1. The molecule has 0 aliphatic rings. The van der Waals surface area contributed by atoms with Gasteiger partial charge in [0.15, 0.2) is 5.82 Å². The molecular weight excluding hydrogens is 220 g/mol. The van der Waals surface area contributed by atoms with E-state index in [-0.39, 0.29) is 18.1 Å². The molecule has 1 aromatic rings. The van der Waals surface area contributed by atoms with E-state index in [2.05, 4.69) is 15.2 Å². The number of hydrogen-bond acceptors (Lipinski definition) is 4. The predicted molar refractivity (Wildman–Crippen MR) is 53.6 cm³/mol. The molecular formula is C8H9ClN4O2. The van der Waals surface area contributed by atoms with E-state index in [0.29, 0.717) is 5.82 Å². The van der Waals surface area contributed by atoms with Gasteiger partial charge in [-0.15, -0.1) is 11.6 Å². The molecule has 0 atom stereocenters. The Morgan fingerprint density at radius 1 is 1.87 bits per heavy atom. The molecule has 1 aromatic heterocycles. The van der Waals surface area contributed by atoms with Crippen molar-refractivity contribution in [1.29, 1.82) is 5.26 Å². The second kappa shape index (κ2) is 5.22. The van der Waals surface area contributed by atoms with Crippen molar-refractivity contribution in [3.05, 3.63) is 11.8 Å². The van der Waals surface area contributed by atoms with Gasteiger partial charge in [0, 0.05) is 7.05 Å². The number of amides is 1. The molecule has 15 heavy (non-hydrogen) atoms. The van der Waals surface area contributed by atoms with Crippen LogP contribution in [0.25, 0.3) is 0 Å². The summed E-state index contributed by atoms with van der Waals surface area (Å²) in [6, 6.07) is 1.90. The van der Waals surface area contributed by atoms with Crippen molar-refractivity contribution in [3.8, 4) is 6.07 Å². The standard InChI is InChI=1S/C8H9ClN4O2/c1-13-7(6(4-10)5-11-13)12-8(14)15-3-2-9/h5H,2-3H2,1H3,(H,12,14). The van der Waals surface area contributed by atoms with Gasteiger partial charge in [-0.1, -0.05) is 0 Å². The molecule has 80 valence electrons. The molecule has 1 heterocycles. The van der Waals surface area contributed by atoms with Crippen LogP contribution < -0.4 is 5.32 Å². The molecule has 0 spiro atoms. The number of alkyl halides is 1. The van der Waals surface area contributed by atoms with Crippen LogP contribution in [0.3, 0.4) is 0 Å². The topological polar surface area (TPSA) is 79.9 Å². The minimum absolute atomic E-state index is 0.118. The zero-order chi connectivity index (χ0) is 11.3. The van der Waals surface area contributed by atoms with Crippen molar-refractivity contribution < 1.29 is 9.53 Å². The molecule has 0 aliphatic carbocycles. The van der Waals surface area contributed by atoms with E-state index < -0.39 is 6.09 Å². The van der Waals surface area contributed by atoms with Gasteiger partial charge in [-0.3, -0.25) is 10.00 Å². The van der Waals surface area contributed by atoms with Gasteiger partial charge in [-0.25, -0.2) is 4.79 Å². The summed E-state index contributed by atoms with van der Waals surface area (Å²) in [5, 5.41) is 14.9. The quantitative estimate of drug-likeness (QED) is 0.785. The number of carbonyl (C=O) groups excluding carboxylic acids is 1. The van der Waals surface area contributed by atoms with Crippen LogP contribution in [0.2, 0.25) is 0 Å². The fourth-order valence-electron chi connectivity index (χ4n) is 0.932. The fourth-order valence-corrected chi connectivity index (χ4v) is 1.01. The highest BCUT2D eigenvalue weighted by Gasteiger charge is 2.11. The van der Waals surface area contributed by atoms with E-state index in [1.165, 1.54) is 10.9 Å². The number of nitrogens with one attached hydrogen (secondary N) is 1. The van der Waals surface area contributed by atoms with Gasteiger partial charge in [-0.2, -0.15) is 10.4 Å². The van der Waals surface area contributed by atoms with Gasteiger partial charge < -0.3 is 4.74 Å². The largest absolute Gasteiger partial charge is 0.448 e. The van der Waals surface area contributed by atoms with Crippen LogP contribution in [0.1, 0.15) is 5.56 Å². The number of anilines is 1. The molecule has 0 saturated heterocycles. The first kappa shape index (κ1) is 11.3. The third kappa shape index (κ3) is 2.86. The maximum Gasteiger partial charge on any atom is 0.412 e. The summed E-state index contributed by atoms with van der Waals surface area (Å²) in [6.07, 6.45) is 0.702. The van der Waals surface area contributed by atoms with Crippen LogP contribution in [-0.2, 0) is 11.8 Å². The van der Waals surface area contributed by atoms with Gasteiger partial charge in [0.1, 0.15) is 18.2 Å². The average molecular weight is 229 g/mol. The van der Waals surface area contributed by atoms with E-state index in [4.69, 9.17) is 16.9 Å². The molecule has 0 radical (unpaired) electrons. The number of aryl methyl sites for hydroxylation is 1. The summed E-state index contributed by atoms with van der Waals surface area (Å²) < 4.78 is 6.06. The Labute approximate surface area is 91.4 Å². The molecule has 6 nitrogen and oxygen atoms in total. The Kier molecular flexibility index (Phi) is 3.94. The Balaban J connectivity index is 2.68. The summed E-state index contributed by atoms with van der Waals surface area (Å²) in [7, 11) is 1.61. The SMILES string of the molecule is Cn1ncc(C#N)c1NC(=O)OCCCl. The van der Waals surface area contributed by atoms with Crippen LogP contribution in [0.4, 0.5) is 10.6 Å². The number of nitriles is 1. The van der Waals surface area contributed by atoms with Crippen molar-refractivity contribution in [1.82, 2.24) is 9.78 Å². The molecule has 0 aromatic carbocycles. The Hall–Kier alpha value is -1.74. The molecule has 0 unspecified atom stereocenters. The molecule has 1 rings (SSSR count). The summed E-state index contributed by atoms with van der Waals surface area (Å²) in [5.41, 5.74) is 0.278. The van der Waals surface area contributed by atoms with Gasteiger partial charge in [0.25, 0.3) is 0 Å². The van der Waals surface area contributed by atoms with Crippen LogP contribution in [-0.4, -0.2) is 28.4 Å². The van der Waals surface area contributed by atoms with Crippen LogP contribution in [0.15, 0.2) is 6.20 Å². The monoisotopic (exact) mass is 228 g/mol. The number of hydrogen-bond donors (Lipinski definition) is 1. The van der Waals surface area contributed by atoms with Gasteiger partial charge in [0.05, 0.1) is 12.1 Å². The number of halogens is 1. The molecule has 0 fully saturated rings. The zero-order valence-corrected chi connectivity index (χ0v) is 8.78. The number of ether oxygens (including phenoxy) is 1. The molecule has 1 amide bonds. The molecule has 7 heteroatoms. The number of carbonyl (C=O) groups is 1. The van der Waals surface area contributed by atoms with Crippen molar-refractivity contribution in [2.24, 2.45) is 7.05 Å². The highest BCUT2D eigenvalue weighted by Crippen LogP contribution is 2.12. The van der Waals surface area contributed by atoms with Crippen LogP contribution in [0.5, 0.6) is 0 Å². The van der Waals surface area contributed by atoms with Gasteiger partial charge >= 0.3 is 6.09 Å². The maximum atomic E-state index is 11.1. The highest BCUT2D eigenvalue weighted by molar-refractivity contribution is 6.18. The first-order valence-corrected chi connectivity index (χ1v) is 4.64. The van der Waals surface area contributed by atoms with Crippen LogP contribution in [0, 0.1) is 11.3 Å². The molecule has 1 N–H and O–H groups in total. The van der Waals surface area contributed by atoms with Crippen molar-refractivity contribution >= 4 is 23.5 Å². The van der Waals surface area contributed by atoms with E-state index in [1.807, 2.05) is 6.07 Å². The van der Waals surface area contributed by atoms with E-state index in [0.717, 1.165) is 0 Å². The summed E-state index contributed by atoms with van der Waals surface area (Å²) >= 11 is 5.34. The van der Waals surface area contributed by atoms with Crippen LogP contribution >= 0.6 is 11.6 Å². The van der Waals surface area contributed by atoms with E-state index in [9.17, 15) is 4.79 Å². The smallest absolute Gasteiger partial charge is 0.412 e. The normalized spacial score (nSPS) is 9.40. The van der Waals surface area contributed by atoms with Crippen molar-refractivity contribution in [2.75, 3.05) is 17.8 Å². The lowest BCUT2D eigenvalue weighted by Crippen LogP contribution is -2.17. The molecule has 0 bridgehead atoms. The summed E-state index contributed by atoms with van der Waals surface area (Å²) in [5.74, 6) is 0.529. The zero-order valence-electron chi connectivity index (χ0n) is 8.03. The lowest BCUT2D eigenvalue weighted by atomic mass is 10.4.